The zero-order valence-electron chi connectivity index (χ0n) is 14.1. The van der Waals surface area contributed by atoms with Crippen molar-refractivity contribution in [1.82, 2.24) is 0 Å². The minimum Gasteiger partial charge on any atom is -0.0619 e. The van der Waals surface area contributed by atoms with Gasteiger partial charge < -0.3 is 0 Å². The van der Waals surface area contributed by atoms with Gasteiger partial charge in [0.1, 0.15) is 0 Å². The Labute approximate surface area is 140 Å². The van der Waals surface area contributed by atoms with Crippen LogP contribution in [0.15, 0.2) is 36.4 Å². The Kier molecular flexibility index (Phi) is 4.50. The molecule has 2 aromatic rings. The van der Waals surface area contributed by atoms with E-state index in [-0.39, 0.29) is 0 Å². The molecule has 2 aliphatic rings. The van der Waals surface area contributed by atoms with E-state index in [9.17, 15) is 0 Å². The van der Waals surface area contributed by atoms with Gasteiger partial charge in [-0.1, -0.05) is 74.9 Å². The molecule has 0 spiro atoms. The summed E-state index contributed by atoms with van der Waals surface area (Å²) in [5.74, 6) is 0. The summed E-state index contributed by atoms with van der Waals surface area (Å²) in [7, 11) is 0. The first kappa shape index (κ1) is 15.0. The van der Waals surface area contributed by atoms with Gasteiger partial charge in [0.15, 0.2) is 0 Å². The van der Waals surface area contributed by atoms with Gasteiger partial charge in [0, 0.05) is 6.42 Å². The summed E-state index contributed by atoms with van der Waals surface area (Å²) in [6.45, 7) is 0. The molecule has 0 bridgehead atoms. The zero-order chi connectivity index (χ0) is 15.5. The van der Waals surface area contributed by atoms with Crippen molar-refractivity contribution in [1.29, 1.82) is 0 Å². The molecule has 0 fully saturated rings. The molecule has 0 unspecified atom stereocenters. The normalized spacial score (nSPS) is 18.3. The largest absolute Gasteiger partial charge is 0.0619 e. The van der Waals surface area contributed by atoms with E-state index in [0.29, 0.717) is 0 Å². The maximum absolute atomic E-state index is 2.51. The van der Waals surface area contributed by atoms with Gasteiger partial charge in [-0.05, 0) is 59.1 Å². The molecule has 0 nitrogen and oxygen atoms in total. The quantitative estimate of drug-likeness (QED) is 0.445. The van der Waals surface area contributed by atoms with E-state index >= 15 is 0 Å². The van der Waals surface area contributed by atoms with Gasteiger partial charge in [-0.25, -0.2) is 0 Å². The lowest BCUT2D eigenvalue weighted by Gasteiger charge is -2.14. The molecule has 0 saturated heterocycles. The molecule has 119 valence electrons. The minimum atomic E-state index is 1.27. The van der Waals surface area contributed by atoms with Crippen LogP contribution < -0.4 is 0 Å². The highest BCUT2D eigenvalue weighted by Crippen LogP contribution is 2.40. The van der Waals surface area contributed by atoms with Crippen LogP contribution in [0.3, 0.4) is 0 Å². The first-order valence-electron chi connectivity index (χ1n) is 9.52. The predicted octanol–water partition coefficient (Wildman–Crippen LogP) is 6.49. The summed E-state index contributed by atoms with van der Waals surface area (Å²) in [4.78, 5) is 0. The van der Waals surface area contributed by atoms with E-state index in [4.69, 9.17) is 0 Å². The molecule has 1 radical (unpaired) electrons. The van der Waals surface area contributed by atoms with Gasteiger partial charge in [-0.2, -0.15) is 0 Å². The van der Waals surface area contributed by atoms with Crippen molar-refractivity contribution in [3.05, 3.63) is 65.1 Å². The van der Waals surface area contributed by atoms with E-state index in [1.165, 1.54) is 86.5 Å². The van der Waals surface area contributed by atoms with Gasteiger partial charge in [-0.3, -0.25) is 0 Å². The Morgan fingerprint density at radius 2 is 1.13 bits per heavy atom. The molecule has 23 heavy (non-hydrogen) atoms. The van der Waals surface area contributed by atoms with Gasteiger partial charge in [0.05, 0.1) is 0 Å². The number of aryl methyl sites for hydroxylation is 2. The molecule has 0 N–H and O–H groups in total. The third-order valence-corrected chi connectivity index (χ3v) is 5.58. The molecule has 2 aliphatic carbocycles. The number of rotatable bonds is 0. The van der Waals surface area contributed by atoms with Crippen molar-refractivity contribution in [3.63, 3.8) is 0 Å². The summed E-state index contributed by atoms with van der Waals surface area (Å²) in [5.41, 5.74) is 8.96. The van der Waals surface area contributed by atoms with Gasteiger partial charge >= 0.3 is 0 Å². The first-order valence-corrected chi connectivity index (χ1v) is 9.52. The van der Waals surface area contributed by atoms with Crippen molar-refractivity contribution in [2.45, 2.75) is 64.2 Å². The second-order valence-corrected chi connectivity index (χ2v) is 7.27. The molecule has 0 heteroatoms. The predicted molar refractivity (Wildman–Crippen MR) is 98.7 cm³/mol. The highest BCUT2D eigenvalue weighted by Gasteiger charge is 2.20. The summed E-state index contributed by atoms with van der Waals surface area (Å²) >= 11 is 0. The summed E-state index contributed by atoms with van der Waals surface area (Å²) in [5, 5.41) is 0. The number of hydrogen-bond donors (Lipinski definition) is 0. The highest BCUT2D eigenvalue weighted by molar-refractivity contribution is 5.82. The lowest BCUT2D eigenvalue weighted by molar-refractivity contribution is 0.559. The Hall–Kier alpha value is -1.56. The second-order valence-electron chi connectivity index (χ2n) is 7.27. The Balaban J connectivity index is 1.66. The van der Waals surface area contributed by atoms with Crippen LogP contribution in [0.25, 0.3) is 11.1 Å². The monoisotopic (exact) mass is 303 g/mol. The maximum atomic E-state index is 2.51. The fourth-order valence-electron chi connectivity index (χ4n) is 4.25. The average molecular weight is 303 g/mol. The van der Waals surface area contributed by atoms with Gasteiger partial charge in [0.2, 0.25) is 0 Å². The topological polar surface area (TPSA) is 0 Å². The highest BCUT2D eigenvalue weighted by atomic mass is 14.2. The SMILES string of the molecule is [CH]1c2ccccc2-c2cc3c(cc21)CCCCCCCCCC3. The average Bonchev–Trinajstić information content (AvgIpc) is 2.92. The van der Waals surface area contributed by atoms with Crippen LogP contribution in [0, 0.1) is 6.42 Å². The summed E-state index contributed by atoms with van der Waals surface area (Å²) in [6, 6.07) is 13.9. The smallest absolute Gasteiger partial charge is 0.0212 e. The van der Waals surface area contributed by atoms with Crippen molar-refractivity contribution < 1.29 is 0 Å². The fraction of sp³-hybridized carbons (Fsp3) is 0.435. The fourth-order valence-corrected chi connectivity index (χ4v) is 4.25. The standard InChI is InChI=1S/C23H27/c1-2-4-6-8-12-19-17-23-21(15-18(19)11-7-5-3-1)16-20-13-9-10-14-22(20)23/h9-10,13-17H,1-8,11-12H2. The summed E-state index contributed by atoms with van der Waals surface area (Å²) < 4.78 is 0. The third kappa shape index (κ3) is 3.22. The third-order valence-electron chi connectivity index (χ3n) is 5.58. The lowest BCUT2D eigenvalue weighted by atomic mass is 9.91. The molecule has 0 amide bonds. The van der Waals surface area contributed by atoms with Crippen molar-refractivity contribution in [3.8, 4) is 11.1 Å². The second kappa shape index (κ2) is 6.91. The van der Waals surface area contributed by atoms with Crippen LogP contribution >= 0.6 is 0 Å². The molecule has 4 rings (SSSR count). The van der Waals surface area contributed by atoms with Crippen molar-refractivity contribution in [2.75, 3.05) is 0 Å². The number of fused-ring (bicyclic) bond motifs is 4. The molecule has 0 saturated carbocycles. The minimum absolute atomic E-state index is 1.27. The van der Waals surface area contributed by atoms with Crippen LogP contribution in [0.5, 0.6) is 0 Å². The van der Waals surface area contributed by atoms with E-state index in [1.54, 1.807) is 11.1 Å². The van der Waals surface area contributed by atoms with E-state index in [2.05, 4.69) is 42.8 Å². The summed E-state index contributed by atoms with van der Waals surface area (Å²) in [6.07, 6.45) is 16.2. The van der Waals surface area contributed by atoms with Crippen LogP contribution in [0.2, 0.25) is 0 Å². The molecule has 0 aromatic heterocycles. The Bertz CT molecular complexity index is 680. The molecular weight excluding hydrogens is 276 g/mol. The number of hydrogen-bond acceptors (Lipinski definition) is 0. The Morgan fingerprint density at radius 1 is 0.522 bits per heavy atom. The van der Waals surface area contributed by atoms with Crippen LogP contribution in [-0.4, -0.2) is 0 Å². The molecular formula is C23H27. The Morgan fingerprint density at radius 3 is 1.87 bits per heavy atom. The lowest BCUT2D eigenvalue weighted by Crippen LogP contribution is -1.99. The molecule has 0 heterocycles. The van der Waals surface area contributed by atoms with E-state index < -0.39 is 0 Å². The van der Waals surface area contributed by atoms with Crippen LogP contribution in [0.1, 0.15) is 73.6 Å². The van der Waals surface area contributed by atoms with Gasteiger partial charge in [-0.15, -0.1) is 0 Å². The molecule has 0 atom stereocenters. The molecule has 0 aliphatic heterocycles. The van der Waals surface area contributed by atoms with Crippen LogP contribution in [0.4, 0.5) is 0 Å². The van der Waals surface area contributed by atoms with Crippen molar-refractivity contribution in [2.24, 2.45) is 0 Å². The van der Waals surface area contributed by atoms with Crippen molar-refractivity contribution >= 4 is 0 Å². The zero-order valence-corrected chi connectivity index (χ0v) is 14.1. The van der Waals surface area contributed by atoms with Crippen LogP contribution in [-0.2, 0) is 12.8 Å². The maximum Gasteiger partial charge on any atom is 0.0212 e. The van der Waals surface area contributed by atoms with Gasteiger partial charge in [0.25, 0.3) is 0 Å². The van der Waals surface area contributed by atoms with E-state index in [0.717, 1.165) is 0 Å². The van der Waals surface area contributed by atoms with E-state index in [1.807, 2.05) is 0 Å². The molecule has 2 aromatic carbocycles. The number of benzene rings is 2. The first-order chi connectivity index (χ1) is 11.4.